The number of rotatable bonds is 6. The van der Waals surface area contributed by atoms with E-state index in [4.69, 9.17) is 15.9 Å². The van der Waals surface area contributed by atoms with Crippen LogP contribution in [0, 0.1) is 0 Å². The Bertz CT molecular complexity index is 372. The lowest BCUT2D eigenvalue weighted by molar-refractivity contribution is 0.0673. The van der Waals surface area contributed by atoms with E-state index in [2.05, 4.69) is 5.10 Å². The average molecular weight is 242 g/mol. The first kappa shape index (κ1) is 13.5. The summed E-state index contributed by atoms with van der Waals surface area (Å²) in [5.41, 5.74) is 6.30. The summed E-state index contributed by atoms with van der Waals surface area (Å²) in [6.45, 7) is 2.38. The molecule has 0 saturated carbocycles. The van der Waals surface area contributed by atoms with E-state index in [1.165, 1.54) is 15.8 Å². The molecule has 4 N–H and O–H groups in total. The molecule has 1 amide bonds. The lowest BCUT2D eigenvalue weighted by Gasteiger charge is -2.21. The molecule has 1 rings (SSSR count). The van der Waals surface area contributed by atoms with Gasteiger partial charge in [0, 0.05) is 19.6 Å². The van der Waals surface area contributed by atoms with Crippen LogP contribution in [-0.2, 0) is 6.54 Å². The maximum absolute atomic E-state index is 12.1. The van der Waals surface area contributed by atoms with E-state index < -0.39 is 0 Å². The molecule has 1 aromatic heterocycles. The zero-order chi connectivity index (χ0) is 12.8. The Morgan fingerprint density at radius 2 is 2.06 bits per heavy atom. The summed E-state index contributed by atoms with van der Waals surface area (Å²) in [4.78, 5) is 13.5. The van der Waals surface area contributed by atoms with Gasteiger partial charge in [-0.1, -0.05) is 0 Å². The zero-order valence-corrected chi connectivity index (χ0v) is 9.83. The fourth-order valence-corrected chi connectivity index (χ4v) is 1.58. The molecule has 0 radical (unpaired) electrons. The largest absolute Gasteiger partial charge is 0.396 e. The number of nitrogen functional groups attached to an aromatic ring is 1. The van der Waals surface area contributed by atoms with Crippen molar-refractivity contribution in [2.24, 2.45) is 0 Å². The minimum atomic E-state index is -0.329. The molecule has 7 nitrogen and oxygen atoms in total. The first-order valence-electron chi connectivity index (χ1n) is 5.48. The predicted octanol–water partition coefficient (Wildman–Crippen LogP) is -1.09. The van der Waals surface area contributed by atoms with Gasteiger partial charge >= 0.3 is 0 Å². The number of anilines is 1. The van der Waals surface area contributed by atoms with Gasteiger partial charge < -0.3 is 20.8 Å². The van der Waals surface area contributed by atoms with Crippen molar-refractivity contribution < 1.29 is 15.0 Å². The molecule has 0 aromatic carbocycles. The van der Waals surface area contributed by atoms with E-state index in [1.54, 1.807) is 0 Å². The molecule has 7 heteroatoms. The van der Waals surface area contributed by atoms with Gasteiger partial charge in [0.2, 0.25) is 0 Å². The standard InChI is InChI=1S/C10H18N4O3/c1-2-14-9(8(11)7-12-14)10(17)13(3-5-15)4-6-16/h7,15-16H,2-6,11H2,1H3. The van der Waals surface area contributed by atoms with Gasteiger partial charge in [-0.15, -0.1) is 0 Å². The fraction of sp³-hybridized carbons (Fsp3) is 0.600. The van der Waals surface area contributed by atoms with Crippen LogP contribution in [0.3, 0.4) is 0 Å². The Labute approximate surface area is 99.4 Å². The number of aromatic nitrogens is 2. The van der Waals surface area contributed by atoms with E-state index in [9.17, 15) is 4.79 Å². The van der Waals surface area contributed by atoms with Crippen LogP contribution in [0.15, 0.2) is 6.20 Å². The third kappa shape index (κ3) is 2.95. The van der Waals surface area contributed by atoms with Gasteiger partial charge in [0.1, 0.15) is 5.69 Å². The summed E-state index contributed by atoms with van der Waals surface area (Å²) >= 11 is 0. The number of carbonyl (C=O) groups excluding carboxylic acids is 1. The van der Waals surface area contributed by atoms with Crippen molar-refractivity contribution in [2.45, 2.75) is 13.5 Å². The molecule has 0 aliphatic rings. The number of aliphatic hydroxyl groups excluding tert-OH is 2. The van der Waals surface area contributed by atoms with E-state index >= 15 is 0 Å². The van der Waals surface area contributed by atoms with Crippen molar-refractivity contribution in [2.75, 3.05) is 32.0 Å². The molecule has 0 fully saturated rings. The lowest BCUT2D eigenvalue weighted by Crippen LogP contribution is -2.37. The Balaban J connectivity index is 2.95. The van der Waals surface area contributed by atoms with Crippen LogP contribution in [0.5, 0.6) is 0 Å². The van der Waals surface area contributed by atoms with Gasteiger partial charge in [0.15, 0.2) is 0 Å². The lowest BCUT2D eigenvalue weighted by atomic mass is 10.3. The second kappa shape index (κ2) is 6.21. The minimum absolute atomic E-state index is 0.160. The molecule has 0 spiro atoms. The van der Waals surface area contributed by atoms with Gasteiger partial charge in [0.05, 0.1) is 25.1 Å². The van der Waals surface area contributed by atoms with Crippen molar-refractivity contribution in [3.05, 3.63) is 11.9 Å². The van der Waals surface area contributed by atoms with Crippen LogP contribution in [-0.4, -0.2) is 57.1 Å². The molecule has 0 aliphatic carbocycles. The monoisotopic (exact) mass is 242 g/mol. The third-order valence-electron chi connectivity index (χ3n) is 2.40. The average Bonchev–Trinajstić information content (AvgIpc) is 2.69. The highest BCUT2D eigenvalue weighted by Gasteiger charge is 2.21. The van der Waals surface area contributed by atoms with Crippen LogP contribution < -0.4 is 5.73 Å². The summed E-state index contributed by atoms with van der Waals surface area (Å²) < 4.78 is 1.50. The van der Waals surface area contributed by atoms with Crippen LogP contribution in [0.25, 0.3) is 0 Å². The smallest absolute Gasteiger partial charge is 0.274 e. The summed E-state index contributed by atoms with van der Waals surface area (Å²) in [5, 5.41) is 21.7. The van der Waals surface area contributed by atoms with Crippen molar-refractivity contribution in [1.82, 2.24) is 14.7 Å². The van der Waals surface area contributed by atoms with Gasteiger partial charge in [-0.3, -0.25) is 9.48 Å². The van der Waals surface area contributed by atoms with Crippen LogP contribution >= 0.6 is 0 Å². The molecule has 1 aromatic rings. The maximum Gasteiger partial charge on any atom is 0.274 e. The SMILES string of the molecule is CCn1ncc(N)c1C(=O)N(CCO)CCO. The van der Waals surface area contributed by atoms with Crippen molar-refractivity contribution in [3.8, 4) is 0 Å². The van der Waals surface area contributed by atoms with Gasteiger partial charge in [-0.25, -0.2) is 0 Å². The van der Waals surface area contributed by atoms with E-state index in [-0.39, 0.29) is 32.2 Å². The van der Waals surface area contributed by atoms with Crippen LogP contribution in [0.4, 0.5) is 5.69 Å². The number of aliphatic hydroxyl groups is 2. The Morgan fingerprint density at radius 3 is 2.53 bits per heavy atom. The van der Waals surface area contributed by atoms with Crippen molar-refractivity contribution in [1.29, 1.82) is 0 Å². The Hall–Kier alpha value is -1.60. The normalized spacial score (nSPS) is 10.5. The molecular weight excluding hydrogens is 224 g/mol. The van der Waals surface area contributed by atoms with Gasteiger partial charge in [-0.2, -0.15) is 5.10 Å². The number of nitrogens with two attached hydrogens (primary N) is 1. The predicted molar refractivity (Wildman–Crippen MR) is 62.4 cm³/mol. The number of nitrogens with zero attached hydrogens (tertiary/aromatic N) is 3. The second-order valence-electron chi connectivity index (χ2n) is 3.50. The molecule has 1 heterocycles. The summed E-state index contributed by atoms with van der Waals surface area (Å²) in [5.74, 6) is -0.329. The molecule has 0 atom stereocenters. The fourth-order valence-electron chi connectivity index (χ4n) is 1.58. The molecule has 17 heavy (non-hydrogen) atoms. The highest BCUT2D eigenvalue weighted by Crippen LogP contribution is 2.13. The molecular formula is C10H18N4O3. The number of hydrogen-bond donors (Lipinski definition) is 3. The quantitative estimate of drug-likeness (QED) is 0.588. The van der Waals surface area contributed by atoms with Crippen LogP contribution in [0.1, 0.15) is 17.4 Å². The molecule has 0 aliphatic heterocycles. The highest BCUT2D eigenvalue weighted by molar-refractivity contribution is 5.97. The topological polar surface area (TPSA) is 105 Å². The van der Waals surface area contributed by atoms with E-state index in [0.29, 0.717) is 17.9 Å². The van der Waals surface area contributed by atoms with Crippen molar-refractivity contribution >= 4 is 11.6 Å². The molecule has 0 unspecified atom stereocenters. The third-order valence-corrected chi connectivity index (χ3v) is 2.40. The highest BCUT2D eigenvalue weighted by atomic mass is 16.3. The van der Waals surface area contributed by atoms with E-state index in [0.717, 1.165) is 0 Å². The van der Waals surface area contributed by atoms with Gasteiger partial charge in [-0.05, 0) is 6.92 Å². The summed E-state index contributed by atoms with van der Waals surface area (Å²) in [7, 11) is 0. The minimum Gasteiger partial charge on any atom is -0.396 e. The molecule has 0 bridgehead atoms. The summed E-state index contributed by atoms with van der Waals surface area (Å²) in [6, 6.07) is 0. The molecule has 0 saturated heterocycles. The van der Waals surface area contributed by atoms with Crippen LogP contribution in [0.2, 0.25) is 0 Å². The Kier molecular flexibility index (Phi) is 4.92. The Morgan fingerprint density at radius 1 is 1.47 bits per heavy atom. The number of hydrogen-bond acceptors (Lipinski definition) is 5. The number of aryl methyl sites for hydroxylation is 1. The number of amides is 1. The first-order chi connectivity index (χ1) is 8.15. The summed E-state index contributed by atoms with van der Waals surface area (Å²) in [6.07, 6.45) is 1.42. The number of carbonyl (C=O) groups is 1. The van der Waals surface area contributed by atoms with Crippen molar-refractivity contribution in [3.63, 3.8) is 0 Å². The zero-order valence-electron chi connectivity index (χ0n) is 9.83. The maximum atomic E-state index is 12.1. The first-order valence-corrected chi connectivity index (χ1v) is 5.48. The second-order valence-corrected chi connectivity index (χ2v) is 3.50. The van der Waals surface area contributed by atoms with Gasteiger partial charge in [0.25, 0.3) is 5.91 Å². The molecule has 96 valence electrons. The van der Waals surface area contributed by atoms with E-state index in [1.807, 2.05) is 6.92 Å².